The zero-order valence-corrected chi connectivity index (χ0v) is 14.4. The number of halogens is 2. The van der Waals surface area contributed by atoms with E-state index in [0.29, 0.717) is 28.7 Å². The van der Waals surface area contributed by atoms with E-state index in [2.05, 4.69) is 0 Å². The van der Waals surface area contributed by atoms with E-state index in [1.54, 1.807) is 23.1 Å². The fourth-order valence-corrected chi connectivity index (χ4v) is 3.91. The summed E-state index contributed by atoms with van der Waals surface area (Å²) in [5.74, 6) is 0.252. The van der Waals surface area contributed by atoms with Crippen LogP contribution >= 0.6 is 23.2 Å². The van der Waals surface area contributed by atoms with Gasteiger partial charge in [-0.05, 0) is 43.9 Å². The SMILES string of the molecule is O=C(c1cc(Cl)cc(Cl)c1)N1CCC(C(=O)N2CCCC2)CC1. The number of carbonyl (C=O) groups is 2. The summed E-state index contributed by atoms with van der Waals surface area (Å²) in [6.45, 7) is 2.98. The molecule has 23 heavy (non-hydrogen) atoms. The van der Waals surface area contributed by atoms with Crippen LogP contribution in [0.15, 0.2) is 18.2 Å². The monoisotopic (exact) mass is 354 g/mol. The van der Waals surface area contributed by atoms with Crippen LogP contribution in [0.25, 0.3) is 0 Å². The third-order valence-electron chi connectivity index (χ3n) is 4.66. The average molecular weight is 355 g/mol. The fraction of sp³-hybridized carbons (Fsp3) is 0.529. The Bertz CT molecular complexity index is 586. The van der Waals surface area contributed by atoms with Crippen LogP contribution in [-0.4, -0.2) is 47.8 Å². The molecule has 6 heteroatoms. The maximum atomic E-state index is 12.6. The Balaban J connectivity index is 1.59. The first-order valence-electron chi connectivity index (χ1n) is 8.09. The predicted octanol–water partition coefficient (Wildman–Crippen LogP) is 3.47. The Morgan fingerprint density at radius 2 is 1.43 bits per heavy atom. The van der Waals surface area contributed by atoms with Crippen molar-refractivity contribution in [3.63, 3.8) is 0 Å². The summed E-state index contributed by atoms with van der Waals surface area (Å²) in [5, 5.41) is 0.917. The standard InChI is InChI=1S/C17H20Cl2N2O2/c18-14-9-13(10-15(19)11-14)17(23)21-7-3-12(4-8-21)16(22)20-5-1-2-6-20/h9-12H,1-8H2. The van der Waals surface area contributed by atoms with Crippen molar-refractivity contribution < 1.29 is 9.59 Å². The summed E-state index contributed by atoms with van der Waals surface area (Å²) >= 11 is 11.9. The molecule has 0 radical (unpaired) electrons. The second-order valence-electron chi connectivity index (χ2n) is 6.26. The van der Waals surface area contributed by atoms with E-state index >= 15 is 0 Å². The average Bonchev–Trinajstić information content (AvgIpc) is 3.07. The van der Waals surface area contributed by atoms with Crippen molar-refractivity contribution in [3.8, 4) is 0 Å². The van der Waals surface area contributed by atoms with Gasteiger partial charge in [-0.25, -0.2) is 0 Å². The summed E-state index contributed by atoms with van der Waals surface area (Å²) in [5.41, 5.74) is 0.506. The van der Waals surface area contributed by atoms with Crippen LogP contribution in [0.5, 0.6) is 0 Å². The first kappa shape index (κ1) is 16.6. The van der Waals surface area contributed by atoms with Crippen molar-refractivity contribution >= 4 is 35.0 Å². The van der Waals surface area contributed by atoms with Crippen molar-refractivity contribution in [2.45, 2.75) is 25.7 Å². The zero-order chi connectivity index (χ0) is 16.4. The smallest absolute Gasteiger partial charge is 0.253 e. The van der Waals surface area contributed by atoms with Crippen LogP contribution in [0.2, 0.25) is 10.0 Å². The van der Waals surface area contributed by atoms with E-state index in [4.69, 9.17) is 23.2 Å². The van der Waals surface area contributed by atoms with Crippen molar-refractivity contribution in [1.29, 1.82) is 0 Å². The number of hydrogen-bond acceptors (Lipinski definition) is 2. The Morgan fingerprint density at radius 3 is 2.00 bits per heavy atom. The van der Waals surface area contributed by atoms with Gasteiger partial charge in [0.05, 0.1) is 0 Å². The molecule has 124 valence electrons. The Labute approximate surface area is 146 Å². The molecule has 0 aromatic heterocycles. The van der Waals surface area contributed by atoms with Crippen molar-refractivity contribution in [2.24, 2.45) is 5.92 Å². The molecule has 0 spiro atoms. The first-order chi connectivity index (χ1) is 11.0. The van der Waals surface area contributed by atoms with Gasteiger partial charge in [0.15, 0.2) is 0 Å². The van der Waals surface area contributed by atoms with E-state index in [0.717, 1.165) is 38.8 Å². The van der Waals surface area contributed by atoms with Gasteiger partial charge in [-0.2, -0.15) is 0 Å². The first-order valence-corrected chi connectivity index (χ1v) is 8.84. The van der Waals surface area contributed by atoms with Crippen LogP contribution < -0.4 is 0 Å². The van der Waals surface area contributed by atoms with Gasteiger partial charge in [0.2, 0.25) is 5.91 Å². The number of rotatable bonds is 2. The number of carbonyl (C=O) groups excluding carboxylic acids is 2. The Morgan fingerprint density at radius 1 is 0.870 bits per heavy atom. The second-order valence-corrected chi connectivity index (χ2v) is 7.13. The molecule has 0 saturated carbocycles. The molecule has 2 aliphatic heterocycles. The normalized spacial score (nSPS) is 19.2. The summed E-state index contributed by atoms with van der Waals surface area (Å²) < 4.78 is 0. The largest absolute Gasteiger partial charge is 0.342 e. The van der Waals surface area contributed by atoms with E-state index < -0.39 is 0 Å². The number of hydrogen-bond donors (Lipinski definition) is 0. The van der Waals surface area contributed by atoms with Gasteiger partial charge in [0.25, 0.3) is 5.91 Å². The fourth-order valence-electron chi connectivity index (χ4n) is 3.39. The van der Waals surface area contributed by atoms with E-state index in [1.807, 2.05) is 4.90 Å². The Kier molecular flexibility index (Phi) is 5.12. The van der Waals surface area contributed by atoms with Gasteiger partial charge in [-0.15, -0.1) is 0 Å². The zero-order valence-electron chi connectivity index (χ0n) is 12.9. The van der Waals surface area contributed by atoms with E-state index in [-0.39, 0.29) is 17.7 Å². The van der Waals surface area contributed by atoms with E-state index in [1.165, 1.54) is 0 Å². The Hall–Kier alpha value is -1.26. The molecule has 1 aromatic carbocycles. The third kappa shape index (κ3) is 3.81. The molecule has 0 unspecified atom stereocenters. The lowest BCUT2D eigenvalue weighted by Gasteiger charge is -2.33. The van der Waals surface area contributed by atoms with Crippen LogP contribution in [-0.2, 0) is 4.79 Å². The molecular formula is C17H20Cl2N2O2. The van der Waals surface area contributed by atoms with Gasteiger partial charge >= 0.3 is 0 Å². The number of benzene rings is 1. The van der Waals surface area contributed by atoms with Crippen molar-refractivity contribution in [3.05, 3.63) is 33.8 Å². The van der Waals surface area contributed by atoms with Gasteiger partial charge < -0.3 is 9.80 Å². The van der Waals surface area contributed by atoms with Crippen molar-refractivity contribution in [1.82, 2.24) is 9.80 Å². The van der Waals surface area contributed by atoms with E-state index in [9.17, 15) is 9.59 Å². The van der Waals surface area contributed by atoms with Crippen LogP contribution in [0.1, 0.15) is 36.0 Å². The molecule has 3 rings (SSSR count). The molecule has 0 atom stereocenters. The summed E-state index contributed by atoms with van der Waals surface area (Å²) in [7, 11) is 0. The highest BCUT2D eigenvalue weighted by atomic mass is 35.5. The van der Waals surface area contributed by atoms with Crippen molar-refractivity contribution in [2.75, 3.05) is 26.2 Å². The lowest BCUT2D eigenvalue weighted by atomic mass is 9.95. The van der Waals surface area contributed by atoms with Gasteiger partial charge in [0, 0.05) is 47.7 Å². The molecular weight excluding hydrogens is 335 g/mol. The maximum absolute atomic E-state index is 12.6. The minimum absolute atomic E-state index is 0.0556. The van der Waals surface area contributed by atoms with Crippen LogP contribution in [0.4, 0.5) is 0 Å². The molecule has 4 nitrogen and oxygen atoms in total. The van der Waals surface area contributed by atoms with Crippen LogP contribution in [0.3, 0.4) is 0 Å². The lowest BCUT2D eigenvalue weighted by molar-refractivity contribution is -0.135. The highest BCUT2D eigenvalue weighted by Crippen LogP contribution is 2.25. The summed E-state index contributed by atoms with van der Waals surface area (Å²) in [6, 6.07) is 4.88. The lowest BCUT2D eigenvalue weighted by Crippen LogP contribution is -2.43. The molecule has 2 aliphatic rings. The minimum atomic E-state index is -0.0681. The topological polar surface area (TPSA) is 40.6 Å². The quantitative estimate of drug-likeness (QED) is 0.815. The van der Waals surface area contributed by atoms with Gasteiger partial charge in [-0.1, -0.05) is 23.2 Å². The molecule has 2 saturated heterocycles. The van der Waals surface area contributed by atoms with Gasteiger partial charge in [0.1, 0.15) is 0 Å². The van der Waals surface area contributed by atoms with Crippen LogP contribution in [0, 0.1) is 5.92 Å². The molecule has 2 fully saturated rings. The highest BCUT2D eigenvalue weighted by Gasteiger charge is 2.31. The number of nitrogens with zero attached hydrogens (tertiary/aromatic N) is 2. The highest BCUT2D eigenvalue weighted by molar-refractivity contribution is 6.35. The molecule has 2 amide bonds. The summed E-state index contributed by atoms with van der Waals surface area (Å²) in [4.78, 5) is 28.7. The number of amides is 2. The predicted molar refractivity (Wildman–Crippen MR) is 90.9 cm³/mol. The summed E-state index contributed by atoms with van der Waals surface area (Å²) in [6.07, 6.45) is 3.68. The second kappa shape index (κ2) is 7.10. The molecule has 0 aliphatic carbocycles. The number of piperidine rings is 1. The minimum Gasteiger partial charge on any atom is -0.342 e. The molecule has 1 aromatic rings. The third-order valence-corrected chi connectivity index (χ3v) is 5.10. The molecule has 2 heterocycles. The molecule has 0 bridgehead atoms. The maximum Gasteiger partial charge on any atom is 0.253 e. The van der Waals surface area contributed by atoms with Gasteiger partial charge in [-0.3, -0.25) is 9.59 Å². The molecule has 0 N–H and O–H groups in total. The number of likely N-dealkylation sites (tertiary alicyclic amines) is 2.